The average Bonchev–Trinajstić information content (AvgIpc) is 2.18. The molecular weight excluding hydrogens is 199 g/mol. The smallest absolute Gasteiger partial charge is 0.305 e. The van der Waals surface area contributed by atoms with E-state index in [4.69, 9.17) is 5.11 Å². The number of amides is 1. The van der Waals surface area contributed by atoms with Crippen LogP contribution in [-0.4, -0.2) is 36.6 Å². The van der Waals surface area contributed by atoms with E-state index < -0.39 is 5.97 Å². The number of carbonyl (C=O) groups is 2. The quantitative estimate of drug-likeness (QED) is 0.515. The molecule has 0 rings (SSSR count). The first-order valence-corrected chi connectivity index (χ1v) is 5.28. The third-order valence-corrected chi connectivity index (χ3v) is 2.15. The number of hydrogen-bond donors (Lipinski definition) is 3. The molecule has 0 aliphatic rings. The van der Waals surface area contributed by atoms with Crippen molar-refractivity contribution < 1.29 is 14.7 Å². The SMILES string of the molecule is [13CH3][13CH2]CCC(N[13CH3])C(=O)NCCC(=O)O. The number of carbonyl (C=O) groups excluding carboxylic acids is 1. The zero-order chi connectivity index (χ0) is 11.7. The number of nitrogens with one attached hydrogen (secondary N) is 2. The van der Waals surface area contributed by atoms with Crippen LogP contribution in [0.2, 0.25) is 0 Å². The number of carboxylic acids is 1. The molecular formula is C10H20N2O3. The van der Waals surface area contributed by atoms with Crippen LogP contribution in [0.15, 0.2) is 0 Å². The topological polar surface area (TPSA) is 78.4 Å². The number of likely N-dealkylation sites (N-methyl/N-ethyl adjacent to an activating group) is 1. The van der Waals surface area contributed by atoms with Crippen LogP contribution in [0.5, 0.6) is 0 Å². The van der Waals surface area contributed by atoms with Gasteiger partial charge in [0.05, 0.1) is 12.5 Å². The van der Waals surface area contributed by atoms with E-state index in [2.05, 4.69) is 17.6 Å². The molecule has 0 aromatic heterocycles. The lowest BCUT2D eigenvalue weighted by atomic mass is 10.2. The second-order valence-corrected chi connectivity index (χ2v) is 3.42. The van der Waals surface area contributed by atoms with Gasteiger partial charge in [-0.2, -0.15) is 0 Å². The number of hydrogen-bond acceptors (Lipinski definition) is 3. The Balaban J connectivity index is 3.77. The standard InChI is InChI=1S/C10H20N2O3/c1-3-4-5-8(11-2)10(15)12-7-6-9(13)14/h8,11H,3-7H2,1-2H3,(H,12,15)(H,13,14)/i1+1,2+1,3+1. The maximum absolute atomic E-state index is 11.5. The summed E-state index contributed by atoms with van der Waals surface area (Å²) >= 11 is 0. The third-order valence-electron chi connectivity index (χ3n) is 2.15. The summed E-state index contributed by atoms with van der Waals surface area (Å²) in [4.78, 5) is 21.7. The molecule has 0 aromatic rings. The monoisotopic (exact) mass is 219 g/mol. The van der Waals surface area contributed by atoms with Crippen molar-refractivity contribution in [1.82, 2.24) is 10.6 Å². The summed E-state index contributed by atoms with van der Waals surface area (Å²) in [5.41, 5.74) is 0. The predicted octanol–water partition coefficient (Wildman–Crippen LogP) is 0.356. The van der Waals surface area contributed by atoms with E-state index in [0.717, 1.165) is 19.3 Å². The van der Waals surface area contributed by atoms with Crippen molar-refractivity contribution >= 4 is 11.9 Å². The minimum absolute atomic E-state index is 0.0318. The Morgan fingerprint density at radius 3 is 2.53 bits per heavy atom. The van der Waals surface area contributed by atoms with Gasteiger partial charge in [-0.3, -0.25) is 9.59 Å². The lowest BCUT2D eigenvalue weighted by Gasteiger charge is -2.14. The fourth-order valence-corrected chi connectivity index (χ4v) is 1.23. The van der Waals surface area contributed by atoms with Gasteiger partial charge in [-0.05, 0) is 13.5 Å². The van der Waals surface area contributed by atoms with E-state index in [1.807, 2.05) is 0 Å². The summed E-state index contributed by atoms with van der Waals surface area (Å²) in [5, 5.41) is 13.9. The first-order valence-electron chi connectivity index (χ1n) is 5.28. The molecule has 15 heavy (non-hydrogen) atoms. The van der Waals surface area contributed by atoms with Crippen LogP contribution in [0.1, 0.15) is 32.6 Å². The van der Waals surface area contributed by atoms with Gasteiger partial charge in [0.2, 0.25) is 5.91 Å². The number of carboxylic acid groups (broad SMARTS) is 1. The van der Waals surface area contributed by atoms with Crippen molar-refractivity contribution in [3.8, 4) is 0 Å². The number of rotatable bonds is 8. The zero-order valence-electron chi connectivity index (χ0n) is 9.38. The van der Waals surface area contributed by atoms with E-state index in [9.17, 15) is 9.59 Å². The summed E-state index contributed by atoms with van der Waals surface area (Å²) in [7, 11) is 1.73. The highest BCUT2D eigenvalue weighted by atomic mass is 16.4. The lowest BCUT2D eigenvalue weighted by Crippen LogP contribution is -2.43. The maximum Gasteiger partial charge on any atom is 0.305 e. The Hall–Kier alpha value is -1.10. The molecule has 1 unspecified atom stereocenters. The first kappa shape index (κ1) is 13.9. The van der Waals surface area contributed by atoms with Crippen LogP contribution in [0.3, 0.4) is 0 Å². The van der Waals surface area contributed by atoms with Crippen molar-refractivity contribution in [2.24, 2.45) is 0 Å². The molecule has 0 saturated carbocycles. The predicted molar refractivity (Wildman–Crippen MR) is 57.6 cm³/mol. The molecule has 5 nitrogen and oxygen atoms in total. The molecule has 88 valence electrons. The van der Waals surface area contributed by atoms with E-state index in [-0.39, 0.29) is 24.9 Å². The fourth-order valence-electron chi connectivity index (χ4n) is 1.23. The Labute approximate surface area is 90.2 Å². The van der Waals surface area contributed by atoms with Crippen LogP contribution >= 0.6 is 0 Å². The molecule has 3 N–H and O–H groups in total. The normalized spacial score (nSPS) is 12.1. The van der Waals surface area contributed by atoms with Gasteiger partial charge in [-0.1, -0.05) is 19.8 Å². The zero-order valence-corrected chi connectivity index (χ0v) is 9.38. The van der Waals surface area contributed by atoms with Gasteiger partial charge < -0.3 is 15.7 Å². The van der Waals surface area contributed by atoms with Crippen molar-refractivity contribution in [3.05, 3.63) is 0 Å². The largest absolute Gasteiger partial charge is 0.481 e. The fraction of sp³-hybridized carbons (Fsp3) is 0.800. The second kappa shape index (κ2) is 8.23. The molecule has 0 aliphatic carbocycles. The summed E-state index contributed by atoms with van der Waals surface area (Å²) < 4.78 is 0. The summed E-state index contributed by atoms with van der Waals surface area (Å²) in [5.74, 6) is -1.02. The summed E-state index contributed by atoms with van der Waals surface area (Å²) in [6.07, 6.45) is 2.78. The Bertz CT molecular complexity index is 207. The van der Waals surface area contributed by atoms with Gasteiger partial charge in [0.25, 0.3) is 0 Å². The first-order chi connectivity index (χ1) is 7.11. The molecule has 0 aliphatic heterocycles. The maximum atomic E-state index is 11.5. The average molecular weight is 219 g/mol. The summed E-state index contributed by atoms with van der Waals surface area (Å²) in [6, 6.07) is -0.209. The number of aliphatic carboxylic acids is 1. The molecule has 0 bridgehead atoms. The highest BCUT2D eigenvalue weighted by molar-refractivity contribution is 5.82. The van der Waals surface area contributed by atoms with Crippen molar-refractivity contribution in [2.45, 2.75) is 38.6 Å². The molecule has 0 fully saturated rings. The molecule has 1 amide bonds. The highest BCUT2D eigenvalue weighted by Gasteiger charge is 2.14. The van der Waals surface area contributed by atoms with E-state index in [0.29, 0.717) is 0 Å². The van der Waals surface area contributed by atoms with Crippen molar-refractivity contribution in [2.75, 3.05) is 13.6 Å². The Morgan fingerprint density at radius 1 is 1.40 bits per heavy atom. The summed E-state index contributed by atoms with van der Waals surface area (Å²) in [6.45, 7) is 2.26. The minimum atomic E-state index is -0.898. The van der Waals surface area contributed by atoms with Gasteiger partial charge in [0.15, 0.2) is 0 Å². The third kappa shape index (κ3) is 6.90. The van der Waals surface area contributed by atoms with Crippen LogP contribution in [-0.2, 0) is 9.59 Å². The second-order valence-electron chi connectivity index (χ2n) is 3.42. The van der Waals surface area contributed by atoms with E-state index in [1.54, 1.807) is 7.05 Å². The molecule has 0 radical (unpaired) electrons. The van der Waals surface area contributed by atoms with Crippen LogP contribution in [0, 0.1) is 0 Å². The molecule has 5 heteroatoms. The van der Waals surface area contributed by atoms with Crippen LogP contribution in [0.25, 0.3) is 0 Å². The van der Waals surface area contributed by atoms with Crippen molar-refractivity contribution in [3.63, 3.8) is 0 Å². The molecule has 0 heterocycles. The van der Waals surface area contributed by atoms with Crippen LogP contribution in [0.4, 0.5) is 0 Å². The van der Waals surface area contributed by atoms with Gasteiger partial charge in [0, 0.05) is 6.54 Å². The molecule has 1 atom stereocenters. The van der Waals surface area contributed by atoms with Crippen molar-refractivity contribution in [1.29, 1.82) is 0 Å². The number of unbranched alkanes of at least 4 members (excludes halogenated alkanes) is 1. The van der Waals surface area contributed by atoms with Gasteiger partial charge in [-0.15, -0.1) is 0 Å². The highest BCUT2D eigenvalue weighted by Crippen LogP contribution is 2.00. The molecule has 0 aromatic carbocycles. The van der Waals surface area contributed by atoms with Gasteiger partial charge in [0.1, 0.15) is 0 Å². The van der Waals surface area contributed by atoms with Crippen LogP contribution < -0.4 is 10.6 Å². The molecule has 0 spiro atoms. The van der Waals surface area contributed by atoms with Gasteiger partial charge in [-0.25, -0.2) is 0 Å². The van der Waals surface area contributed by atoms with E-state index in [1.165, 1.54) is 0 Å². The molecule has 0 saturated heterocycles. The van der Waals surface area contributed by atoms with E-state index >= 15 is 0 Å². The Morgan fingerprint density at radius 2 is 2.07 bits per heavy atom. The Kier molecular flexibility index (Phi) is 7.62. The lowest BCUT2D eigenvalue weighted by molar-refractivity contribution is -0.137. The minimum Gasteiger partial charge on any atom is -0.481 e. The van der Waals surface area contributed by atoms with Gasteiger partial charge >= 0.3 is 5.97 Å².